The molecule has 0 saturated carbocycles. The van der Waals surface area contributed by atoms with Crippen molar-refractivity contribution in [3.63, 3.8) is 0 Å². The molecule has 2 heterocycles. The average Bonchev–Trinajstić information content (AvgIpc) is 2.67. The molecule has 2 rings (SSSR count). The summed E-state index contributed by atoms with van der Waals surface area (Å²) in [6.45, 7) is 3.38. The first-order valence-electron chi connectivity index (χ1n) is 7.45. The number of rotatable bonds is 4. The van der Waals surface area contributed by atoms with Crippen LogP contribution in [0.15, 0.2) is 30.6 Å². The first kappa shape index (κ1) is 24.8. The van der Waals surface area contributed by atoms with E-state index in [0.717, 1.165) is 29.5 Å². The van der Waals surface area contributed by atoms with E-state index in [1.54, 1.807) is 13.8 Å². The molecule has 2 aromatic rings. The second kappa shape index (κ2) is 11.5. The Balaban J connectivity index is 0.000000478. The number of carboxylic acid groups (broad SMARTS) is 2. The van der Waals surface area contributed by atoms with Crippen LogP contribution in [0.5, 0.6) is 11.5 Å². The Hall–Kier alpha value is -3.18. The molecule has 2 N–H and O–H groups in total. The minimum atomic E-state index is -1.70. The summed E-state index contributed by atoms with van der Waals surface area (Å²) in [6.07, 6.45) is 0.742. The van der Waals surface area contributed by atoms with Crippen molar-refractivity contribution >= 4 is 11.9 Å². The van der Waals surface area contributed by atoms with Gasteiger partial charge in [0.1, 0.15) is 23.5 Å². The van der Waals surface area contributed by atoms with Crippen molar-refractivity contribution in [1.82, 2.24) is 0 Å². The summed E-state index contributed by atoms with van der Waals surface area (Å²) in [6, 6.07) is 2.09. The third-order valence-electron chi connectivity index (χ3n) is 3.02. The standard InChI is InChI=1S/2C8H8O5.O.V/c2*1-2-4-3-5(9)6(10)7(13-4)8(11)12;;/h2*3,10H,2H2,1H3,(H,11,12);;/q;;;+2/p-2. The molecule has 0 fully saturated rings. The molecule has 0 atom stereocenters. The van der Waals surface area contributed by atoms with E-state index in [2.05, 4.69) is 8.83 Å². The van der Waals surface area contributed by atoms with Gasteiger partial charge in [0, 0.05) is 25.0 Å². The van der Waals surface area contributed by atoms with Crippen LogP contribution in [-0.4, -0.2) is 22.2 Å². The quantitative estimate of drug-likeness (QED) is 0.564. The summed E-state index contributed by atoms with van der Waals surface area (Å²) < 4.78 is 17.6. The Labute approximate surface area is 166 Å². The number of carbonyl (C=O) groups excluding carboxylic acids is 2. The normalized spacial score (nSPS) is 9.43. The SMILES string of the molecule is CCc1cc(=O)c(O)c(C(=O)[O-])o1.CCc1cc(=O)c(O)c(C(=O)[O-])o1.[O]=[V+2]. The van der Waals surface area contributed by atoms with Gasteiger partial charge in [0.05, 0.1) is 0 Å². The van der Waals surface area contributed by atoms with Crippen LogP contribution in [0.2, 0.25) is 0 Å². The van der Waals surface area contributed by atoms with E-state index in [1.165, 1.54) is 0 Å². The zero-order valence-corrected chi connectivity index (χ0v) is 16.0. The number of aromatic carboxylic acids is 2. The molecule has 149 valence electrons. The molecular formula is C16H14O11V. The molecule has 2 aromatic heterocycles. The maximum atomic E-state index is 10.9. The van der Waals surface area contributed by atoms with E-state index < -0.39 is 45.8 Å². The molecule has 0 aliphatic rings. The molecule has 0 spiro atoms. The Morgan fingerprint density at radius 2 is 1.14 bits per heavy atom. The van der Waals surface area contributed by atoms with Crippen LogP contribution < -0.4 is 21.1 Å². The molecule has 12 heteroatoms. The zero-order chi connectivity index (χ0) is 22.0. The summed E-state index contributed by atoms with van der Waals surface area (Å²) >= 11 is 1.06. The number of hydrogen-bond acceptors (Lipinski definition) is 11. The predicted octanol–water partition coefficient (Wildman–Crippen LogP) is -1.58. The van der Waals surface area contributed by atoms with Gasteiger partial charge in [-0.3, -0.25) is 9.59 Å². The van der Waals surface area contributed by atoms with E-state index in [1.807, 2.05) is 0 Å². The summed E-state index contributed by atoms with van der Waals surface area (Å²) in [7, 11) is 0. The number of carbonyl (C=O) groups is 2. The van der Waals surface area contributed by atoms with Crippen LogP contribution >= 0.6 is 0 Å². The van der Waals surface area contributed by atoms with E-state index in [4.69, 9.17) is 13.9 Å². The van der Waals surface area contributed by atoms with Gasteiger partial charge in [0.2, 0.25) is 22.4 Å². The summed E-state index contributed by atoms with van der Waals surface area (Å²) in [5, 5.41) is 38.6. The monoisotopic (exact) mass is 433 g/mol. The van der Waals surface area contributed by atoms with E-state index >= 15 is 0 Å². The van der Waals surface area contributed by atoms with E-state index in [-0.39, 0.29) is 11.5 Å². The summed E-state index contributed by atoms with van der Waals surface area (Å²) in [5.41, 5.74) is -1.55. The number of hydrogen-bond donors (Lipinski definition) is 2. The van der Waals surface area contributed by atoms with Gasteiger partial charge in [-0.25, -0.2) is 0 Å². The fourth-order valence-corrected chi connectivity index (χ4v) is 1.70. The Morgan fingerprint density at radius 3 is 1.36 bits per heavy atom. The molecule has 0 aliphatic heterocycles. The minimum absolute atomic E-state index is 0.196. The molecular weight excluding hydrogens is 419 g/mol. The zero-order valence-electron chi connectivity index (χ0n) is 14.6. The van der Waals surface area contributed by atoms with Crippen molar-refractivity contribution in [3.05, 3.63) is 55.6 Å². The Kier molecular flexibility index (Phi) is 10.2. The van der Waals surface area contributed by atoms with Gasteiger partial charge in [-0.2, -0.15) is 0 Å². The van der Waals surface area contributed by atoms with Gasteiger partial charge in [-0.1, -0.05) is 13.8 Å². The van der Waals surface area contributed by atoms with Crippen molar-refractivity contribution in [2.75, 3.05) is 0 Å². The first-order chi connectivity index (χ1) is 13.1. The van der Waals surface area contributed by atoms with Gasteiger partial charge in [-0.05, 0) is 0 Å². The van der Waals surface area contributed by atoms with Crippen LogP contribution in [0.25, 0.3) is 0 Å². The third-order valence-corrected chi connectivity index (χ3v) is 3.02. The second-order valence-corrected chi connectivity index (χ2v) is 4.79. The van der Waals surface area contributed by atoms with Crippen LogP contribution in [0.4, 0.5) is 0 Å². The fourth-order valence-electron chi connectivity index (χ4n) is 1.70. The topological polar surface area (TPSA) is 198 Å². The molecule has 28 heavy (non-hydrogen) atoms. The van der Waals surface area contributed by atoms with Crippen LogP contribution in [-0.2, 0) is 33.9 Å². The fraction of sp³-hybridized carbons (Fsp3) is 0.250. The third kappa shape index (κ3) is 6.52. The van der Waals surface area contributed by atoms with Gasteiger partial charge < -0.3 is 38.8 Å². The Bertz CT molecular complexity index is 881. The molecule has 0 aliphatic carbocycles. The van der Waals surface area contributed by atoms with E-state index in [9.17, 15) is 29.4 Å². The van der Waals surface area contributed by atoms with Crippen molar-refractivity contribution in [3.8, 4) is 11.5 Å². The molecule has 0 unspecified atom stereocenters. The average molecular weight is 433 g/mol. The van der Waals surface area contributed by atoms with Crippen LogP contribution in [0.3, 0.4) is 0 Å². The molecule has 0 saturated heterocycles. The number of carboxylic acids is 2. The van der Waals surface area contributed by atoms with Crippen LogP contribution in [0.1, 0.15) is 46.5 Å². The molecule has 0 bridgehead atoms. The molecule has 0 aromatic carbocycles. The number of aryl methyl sites for hydroxylation is 2. The molecule has 11 nitrogen and oxygen atoms in total. The first-order valence-corrected chi connectivity index (χ1v) is 8.02. The number of aromatic hydroxyl groups is 2. The predicted molar refractivity (Wildman–Crippen MR) is 81.4 cm³/mol. The van der Waals surface area contributed by atoms with Gasteiger partial charge in [0.15, 0.2) is 11.5 Å². The van der Waals surface area contributed by atoms with Gasteiger partial charge in [-0.15, -0.1) is 0 Å². The van der Waals surface area contributed by atoms with E-state index in [0.29, 0.717) is 12.8 Å². The summed E-state index contributed by atoms with van der Waals surface area (Å²) in [4.78, 5) is 42.5. The van der Waals surface area contributed by atoms with Crippen molar-refractivity contribution in [1.29, 1.82) is 0 Å². The molecule has 0 amide bonds. The summed E-state index contributed by atoms with van der Waals surface area (Å²) in [5.74, 6) is -6.48. The van der Waals surface area contributed by atoms with Gasteiger partial charge in [0.25, 0.3) is 0 Å². The van der Waals surface area contributed by atoms with Crippen molar-refractivity contribution in [2.45, 2.75) is 26.7 Å². The molecule has 0 radical (unpaired) electrons. The Morgan fingerprint density at radius 1 is 0.857 bits per heavy atom. The van der Waals surface area contributed by atoms with Crippen molar-refractivity contribution in [2.24, 2.45) is 0 Å². The maximum absolute atomic E-state index is 10.9. The van der Waals surface area contributed by atoms with Crippen LogP contribution in [0, 0.1) is 0 Å². The van der Waals surface area contributed by atoms with Crippen molar-refractivity contribution < 1.29 is 59.9 Å². The second-order valence-electron chi connectivity index (χ2n) is 4.79. The van der Waals surface area contributed by atoms with Gasteiger partial charge >= 0.3 is 21.0 Å².